The molecule has 0 fully saturated rings. The molecule has 0 atom stereocenters. The first kappa shape index (κ1) is 16.5. The van der Waals surface area contributed by atoms with Crippen molar-refractivity contribution in [2.75, 3.05) is 5.32 Å². The van der Waals surface area contributed by atoms with E-state index in [1.165, 1.54) is 0 Å². The molecule has 0 unspecified atom stereocenters. The van der Waals surface area contributed by atoms with Crippen LogP contribution in [-0.2, 0) is 6.54 Å². The van der Waals surface area contributed by atoms with Crippen LogP contribution < -0.4 is 10.6 Å². The highest BCUT2D eigenvalue weighted by Crippen LogP contribution is 2.18. The number of nitrogens with zero attached hydrogens (tertiary/aromatic N) is 5. The lowest BCUT2D eigenvalue weighted by Gasteiger charge is -2.12. The van der Waals surface area contributed by atoms with Gasteiger partial charge >= 0.3 is 6.03 Å². The van der Waals surface area contributed by atoms with Gasteiger partial charge < -0.3 is 10.6 Å². The van der Waals surface area contributed by atoms with Crippen LogP contribution in [0.15, 0.2) is 79.4 Å². The van der Waals surface area contributed by atoms with Crippen molar-refractivity contribution in [1.29, 1.82) is 0 Å². The van der Waals surface area contributed by atoms with E-state index in [1.807, 2.05) is 71.4 Å². The predicted molar refractivity (Wildman–Crippen MR) is 101 cm³/mol. The summed E-state index contributed by atoms with van der Waals surface area (Å²) in [6.07, 6.45) is 5.13. The third-order valence-electron chi connectivity index (χ3n) is 3.96. The van der Waals surface area contributed by atoms with Crippen molar-refractivity contribution < 1.29 is 4.79 Å². The van der Waals surface area contributed by atoms with Crippen LogP contribution in [0, 0.1) is 0 Å². The van der Waals surface area contributed by atoms with Crippen molar-refractivity contribution in [2.24, 2.45) is 0 Å². The van der Waals surface area contributed by atoms with Gasteiger partial charge in [0, 0.05) is 18.1 Å². The molecule has 0 bridgehead atoms. The van der Waals surface area contributed by atoms with Crippen LogP contribution in [0.4, 0.5) is 10.5 Å². The van der Waals surface area contributed by atoms with Gasteiger partial charge in [0.2, 0.25) is 0 Å². The minimum absolute atomic E-state index is 0.241. The fourth-order valence-electron chi connectivity index (χ4n) is 2.70. The fraction of sp³-hybridized carbons (Fsp3) is 0.0526. The number of hydrogen-bond acceptors (Lipinski definition) is 4. The number of amides is 2. The van der Waals surface area contributed by atoms with Crippen molar-refractivity contribution in [3.8, 4) is 11.4 Å². The lowest BCUT2D eigenvalue weighted by Crippen LogP contribution is -2.29. The highest BCUT2D eigenvalue weighted by molar-refractivity contribution is 5.91. The molecule has 0 aliphatic carbocycles. The Morgan fingerprint density at radius 3 is 2.63 bits per heavy atom. The molecule has 2 amide bonds. The molecule has 8 heteroatoms. The number of hydrogen-bond donors (Lipinski definition) is 2. The normalized spacial score (nSPS) is 10.5. The quantitative estimate of drug-likeness (QED) is 0.573. The van der Waals surface area contributed by atoms with Gasteiger partial charge in [-0.05, 0) is 30.3 Å². The average molecular weight is 359 g/mol. The number of rotatable bonds is 5. The van der Waals surface area contributed by atoms with Crippen LogP contribution in [0.1, 0.15) is 5.82 Å². The third-order valence-corrected chi connectivity index (χ3v) is 3.96. The number of carbonyl (C=O) groups excluding carboxylic acids is 1. The first-order valence-corrected chi connectivity index (χ1v) is 8.39. The second kappa shape index (κ2) is 7.52. The minimum atomic E-state index is -0.336. The zero-order chi connectivity index (χ0) is 18.5. The van der Waals surface area contributed by atoms with E-state index < -0.39 is 0 Å². The Balaban J connectivity index is 1.44. The Morgan fingerprint density at radius 2 is 1.81 bits per heavy atom. The summed E-state index contributed by atoms with van der Waals surface area (Å²) < 4.78 is 3.53. The molecule has 0 aliphatic heterocycles. The summed E-state index contributed by atoms with van der Waals surface area (Å²) in [5, 5.41) is 17.9. The maximum atomic E-state index is 12.4. The van der Waals surface area contributed by atoms with Gasteiger partial charge in [-0.25, -0.2) is 9.48 Å². The lowest BCUT2D eigenvalue weighted by molar-refractivity contribution is 0.251. The van der Waals surface area contributed by atoms with E-state index in [4.69, 9.17) is 0 Å². The monoisotopic (exact) mass is 359 g/mol. The van der Waals surface area contributed by atoms with Crippen LogP contribution >= 0.6 is 0 Å². The van der Waals surface area contributed by atoms with Gasteiger partial charge in [0.05, 0.1) is 17.9 Å². The molecule has 2 N–H and O–H groups in total. The predicted octanol–water partition coefficient (Wildman–Crippen LogP) is 2.77. The Kier molecular flexibility index (Phi) is 4.60. The number of carbonyl (C=O) groups is 1. The van der Waals surface area contributed by atoms with E-state index in [9.17, 15) is 4.79 Å². The molecule has 0 radical (unpaired) electrons. The molecule has 0 saturated heterocycles. The molecule has 27 heavy (non-hydrogen) atoms. The molecule has 0 spiro atoms. The maximum Gasteiger partial charge on any atom is 0.319 e. The first-order chi connectivity index (χ1) is 13.3. The number of urea groups is 1. The third kappa shape index (κ3) is 3.69. The molecule has 4 rings (SSSR count). The number of benzene rings is 2. The van der Waals surface area contributed by atoms with Gasteiger partial charge in [-0.2, -0.15) is 5.10 Å². The SMILES string of the molecule is O=C(NCc1nncn1-c1ccccc1)Nc1ccccc1-n1cccn1. The van der Waals surface area contributed by atoms with Crippen LogP contribution in [0.3, 0.4) is 0 Å². The van der Waals surface area contributed by atoms with Crippen LogP contribution in [0.25, 0.3) is 11.4 Å². The van der Waals surface area contributed by atoms with Crippen molar-refractivity contribution in [3.05, 3.63) is 85.2 Å². The molecule has 2 aromatic heterocycles. The molecule has 134 valence electrons. The molecule has 4 aromatic rings. The van der Waals surface area contributed by atoms with E-state index in [1.54, 1.807) is 17.2 Å². The van der Waals surface area contributed by atoms with E-state index in [0.717, 1.165) is 11.4 Å². The van der Waals surface area contributed by atoms with Crippen molar-refractivity contribution in [1.82, 2.24) is 29.9 Å². The molecular formula is C19H17N7O. The summed E-state index contributed by atoms with van der Waals surface area (Å²) in [6, 6.07) is 18.7. The first-order valence-electron chi connectivity index (χ1n) is 8.39. The summed E-state index contributed by atoms with van der Waals surface area (Å²) >= 11 is 0. The second-order valence-corrected chi connectivity index (χ2v) is 5.73. The maximum absolute atomic E-state index is 12.4. The Hall–Kier alpha value is -3.94. The molecule has 2 heterocycles. The molecular weight excluding hydrogens is 342 g/mol. The number of anilines is 1. The molecule has 0 aliphatic rings. The smallest absolute Gasteiger partial charge is 0.319 e. The van der Waals surface area contributed by atoms with E-state index >= 15 is 0 Å². The van der Waals surface area contributed by atoms with Gasteiger partial charge in [-0.3, -0.25) is 4.57 Å². The zero-order valence-electron chi connectivity index (χ0n) is 14.4. The van der Waals surface area contributed by atoms with E-state index in [-0.39, 0.29) is 12.6 Å². The van der Waals surface area contributed by atoms with E-state index in [2.05, 4.69) is 25.9 Å². The second-order valence-electron chi connectivity index (χ2n) is 5.73. The molecule has 2 aromatic carbocycles. The average Bonchev–Trinajstić information content (AvgIpc) is 3.39. The Bertz CT molecular complexity index is 1030. The van der Waals surface area contributed by atoms with Crippen LogP contribution in [0.2, 0.25) is 0 Å². The standard InChI is InChI=1S/C19H17N7O/c27-19(23-16-9-4-5-10-17(16)26-12-6-11-22-26)20-13-18-24-21-14-25(18)15-7-2-1-3-8-15/h1-12,14H,13H2,(H2,20,23,27). The number of aromatic nitrogens is 5. The Morgan fingerprint density at radius 1 is 1.00 bits per heavy atom. The van der Waals surface area contributed by atoms with Crippen molar-refractivity contribution in [3.63, 3.8) is 0 Å². The van der Waals surface area contributed by atoms with Crippen LogP contribution in [0.5, 0.6) is 0 Å². The number of nitrogens with one attached hydrogen (secondary N) is 2. The van der Waals surface area contributed by atoms with Crippen LogP contribution in [-0.4, -0.2) is 30.6 Å². The fourth-order valence-corrected chi connectivity index (χ4v) is 2.70. The van der Waals surface area contributed by atoms with Gasteiger partial charge in [-0.1, -0.05) is 30.3 Å². The summed E-state index contributed by atoms with van der Waals surface area (Å²) in [5.74, 6) is 0.636. The van der Waals surface area contributed by atoms with Gasteiger partial charge in [0.1, 0.15) is 6.33 Å². The highest BCUT2D eigenvalue weighted by atomic mass is 16.2. The molecule has 0 saturated carbocycles. The van der Waals surface area contributed by atoms with Gasteiger partial charge in [-0.15, -0.1) is 10.2 Å². The van der Waals surface area contributed by atoms with Gasteiger partial charge in [0.25, 0.3) is 0 Å². The summed E-state index contributed by atoms with van der Waals surface area (Å²) in [4.78, 5) is 12.4. The highest BCUT2D eigenvalue weighted by Gasteiger charge is 2.10. The topological polar surface area (TPSA) is 89.7 Å². The van der Waals surface area contributed by atoms with E-state index in [0.29, 0.717) is 11.5 Å². The zero-order valence-corrected chi connectivity index (χ0v) is 14.4. The minimum Gasteiger partial charge on any atom is -0.331 e. The Labute approximate surface area is 155 Å². The summed E-state index contributed by atoms with van der Waals surface area (Å²) in [7, 11) is 0. The summed E-state index contributed by atoms with van der Waals surface area (Å²) in [6.45, 7) is 0.241. The van der Waals surface area contributed by atoms with Crippen molar-refractivity contribution in [2.45, 2.75) is 6.54 Å². The van der Waals surface area contributed by atoms with Crippen molar-refractivity contribution >= 4 is 11.7 Å². The van der Waals surface area contributed by atoms with Gasteiger partial charge in [0.15, 0.2) is 5.82 Å². The largest absolute Gasteiger partial charge is 0.331 e. The number of para-hydroxylation sites is 3. The molecule has 8 nitrogen and oxygen atoms in total. The lowest BCUT2D eigenvalue weighted by atomic mass is 10.2. The summed E-state index contributed by atoms with van der Waals surface area (Å²) in [5.41, 5.74) is 2.37.